The van der Waals surface area contributed by atoms with Gasteiger partial charge in [-0.05, 0) is 31.8 Å². The molecule has 6 heteroatoms. The van der Waals surface area contributed by atoms with Crippen molar-refractivity contribution in [1.29, 1.82) is 0 Å². The molecule has 3 rings (SSSR count). The summed E-state index contributed by atoms with van der Waals surface area (Å²) in [5, 5.41) is 3.32. The summed E-state index contributed by atoms with van der Waals surface area (Å²) in [5.74, 6) is 0.973. The van der Waals surface area contributed by atoms with Gasteiger partial charge in [0.1, 0.15) is 0 Å². The Kier molecular flexibility index (Phi) is 3.87. The van der Waals surface area contributed by atoms with Gasteiger partial charge >= 0.3 is 5.69 Å². The fraction of sp³-hybridized carbons (Fsp3) is 0.545. The van der Waals surface area contributed by atoms with Crippen molar-refractivity contribution < 1.29 is 0 Å². The highest BCUT2D eigenvalue weighted by Gasteiger charge is 2.05. The van der Waals surface area contributed by atoms with Crippen LogP contribution in [0.5, 0.6) is 0 Å². The predicted molar refractivity (Wildman–Crippen MR) is 65.8 cm³/mol. The highest BCUT2D eigenvalue weighted by Crippen LogP contribution is 2.08. The van der Waals surface area contributed by atoms with Gasteiger partial charge < -0.3 is 5.32 Å². The first kappa shape index (κ1) is 11.8. The first-order valence-corrected chi connectivity index (χ1v) is 5.85. The van der Waals surface area contributed by atoms with Crippen LogP contribution >= 0.6 is 0 Å². The number of rotatable bonds is 0. The molecule has 1 aliphatic rings. The maximum atomic E-state index is 10.6. The van der Waals surface area contributed by atoms with E-state index in [1.54, 1.807) is 0 Å². The van der Waals surface area contributed by atoms with E-state index in [0.29, 0.717) is 11.3 Å². The molecule has 1 saturated heterocycles. The molecule has 0 aliphatic carbocycles. The van der Waals surface area contributed by atoms with Crippen LogP contribution in [0.25, 0.3) is 11.3 Å². The molecule has 0 bridgehead atoms. The number of nitrogens with one attached hydrogen (secondary N) is 3. The second-order valence-corrected chi connectivity index (χ2v) is 4.27. The molecule has 1 fully saturated rings. The second-order valence-electron chi connectivity index (χ2n) is 4.27. The van der Waals surface area contributed by atoms with Crippen molar-refractivity contribution >= 4 is 11.3 Å². The molecule has 2 aromatic heterocycles. The van der Waals surface area contributed by atoms with E-state index in [0.717, 1.165) is 5.92 Å². The Balaban J connectivity index is 0.000000136. The first-order chi connectivity index (χ1) is 8.25. The zero-order valence-electron chi connectivity index (χ0n) is 9.86. The number of imidazole rings is 1. The van der Waals surface area contributed by atoms with E-state index in [1.807, 2.05) is 0 Å². The molecule has 0 unspecified atom stereocenters. The fourth-order valence-electron chi connectivity index (χ4n) is 1.73. The van der Waals surface area contributed by atoms with E-state index >= 15 is 0 Å². The number of hydrogen-bond donors (Lipinski definition) is 3. The Morgan fingerprint density at radius 3 is 2.06 bits per heavy atom. The Bertz CT molecular complexity index is 476. The molecule has 17 heavy (non-hydrogen) atoms. The number of aromatic nitrogens is 4. The number of H-pyrrole nitrogens is 2. The van der Waals surface area contributed by atoms with Crippen molar-refractivity contribution in [1.82, 2.24) is 25.3 Å². The van der Waals surface area contributed by atoms with Crippen LogP contribution in [-0.2, 0) is 0 Å². The van der Waals surface area contributed by atoms with Gasteiger partial charge in [0.2, 0.25) is 0 Å². The number of piperidine rings is 1. The zero-order valence-corrected chi connectivity index (χ0v) is 9.86. The van der Waals surface area contributed by atoms with Crippen LogP contribution in [0.4, 0.5) is 0 Å². The third-order valence-electron chi connectivity index (χ3n) is 2.79. The SMILES string of the molecule is CC1CCNCC1.O=c1[nH]c2nccnc2[nH]1. The average Bonchev–Trinajstić information content (AvgIpc) is 2.71. The maximum Gasteiger partial charge on any atom is 0.326 e. The van der Waals surface area contributed by atoms with Gasteiger partial charge in [-0.15, -0.1) is 0 Å². The lowest BCUT2D eigenvalue weighted by molar-refractivity contribution is 0.402. The summed E-state index contributed by atoms with van der Waals surface area (Å²) in [6.07, 6.45) is 5.79. The van der Waals surface area contributed by atoms with Gasteiger partial charge in [0.25, 0.3) is 0 Å². The molecule has 3 heterocycles. The third-order valence-corrected chi connectivity index (χ3v) is 2.79. The molecule has 0 saturated carbocycles. The lowest BCUT2D eigenvalue weighted by Gasteiger charge is -2.17. The zero-order chi connectivity index (χ0) is 12.1. The van der Waals surface area contributed by atoms with Crippen LogP contribution in [-0.4, -0.2) is 33.0 Å². The molecular weight excluding hydrogens is 218 g/mol. The van der Waals surface area contributed by atoms with E-state index in [1.165, 1.54) is 38.3 Å². The van der Waals surface area contributed by atoms with Crippen LogP contribution in [0.1, 0.15) is 19.8 Å². The predicted octanol–water partition coefficient (Wildman–Crippen LogP) is 0.652. The lowest BCUT2D eigenvalue weighted by atomic mass is 10.0. The van der Waals surface area contributed by atoms with Crippen LogP contribution in [0.15, 0.2) is 17.2 Å². The average molecular weight is 235 g/mol. The number of nitrogens with zero attached hydrogens (tertiary/aromatic N) is 2. The summed E-state index contributed by atoms with van der Waals surface area (Å²) in [5.41, 5.74) is 0.709. The Morgan fingerprint density at radius 1 is 1.12 bits per heavy atom. The molecular formula is C11H17N5O. The molecule has 0 aromatic carbocycles. The molecule has 1 aliphatic heterocycles. The Labute approximate surface area is 98.9 Å². The fourth-order valence-corrected chi connectivity index (χ4v) is 1.73. The topological polar surface area (TPSA) is 86.5 Å². The standard InChI is InChI=1S/C6H13N.C5H4N4O/c1-6-2-4-7-5-3-6;10-5-8-3-4(9-5)7-2-1-6-3/h6-7H,2-5H2,1H3;1-2H,(H2,6,7,8,9,10). The number of aromatic amines is 2. The molecule has 0 atom stereocenters. The molecule has 0 radical (unpaired) electrons. The normalized spacial score (nSPS) is 16.5. The van der Waals surface area contributed by atoms with Gasteiger partial charge in [0.05, 0.1) is 0 Å². The molecule has 6 nitrogen and oxygen atoms in total. The van der Waals surface area contributed by atoms with Crippen molar-refractivity contribution in [2.75, 3.05) is 13.1 Å². The third kappa shape index (κ3) is 3.39. The maximum absolute atomic E-state index is 10.6. The van der Waals surface area contributed by atoms with Crippen LogP contribution < -0.4 is 11.0 Å². The summed E-state index contributed by atoms with van der Waals surface area (Å²) < 4.78 is 0. The van der Waals surface area contributed by atoms with Gasteiger partial charge in [0.15, 0.2) is 11.3 Å². The highest BCUT2D eigenvalue weighted by atomic mass is 16.1. The first-order valence-electron chi connectivity index (χ1n) is 5.85. The summed E-state index contributed by atoms with van der Waals surface area (Å²) >= 11 is 0. The van der Waals surface area contributed by atoms with E-state index in [-0.39, 0.29) is 5.69 Å². The van der Waals surface area contributed by atoms with Crippen molar-refractivity contribution in [3.63, 3.8) is 0 Å². The van der Waals surface area contributed by atoms with Crippen LogP contribution in [0, 0.1) is 5.92 Å². The van der Waals surface area contributed by atoms with Crippen molar-refractivity contribution in [3.8, 4) is 0 Å². The number of hydrogen-bond acceptors (Lipinski definition) is 4. The monoisotopic (exact) mass is 235 g/mol. The highest BCUT2D eigenvalue weighted by molar-refractivity contribution is 5.63. The van der Waals surface area contributed by atoms with E-state index < -0.39 is 0 Å². The van der Waals surface area contributed by atoms with Gasteiger partial charge in [-0.3, -0.25) is 9.97 Å². The summed E-state index contributed by atoms with van der Waals surface area (Å²) in [6.45, 7) is 4.79. The lowest BCUT2D eigenvalue weighted by Crippen LogP contribution is -2.26. The van der Waals surface area contributed by atoms with Crippen molar-refractivity contribution in [3.05, 3.63) is 22.9 Å². The molecule has 2 aromatic rings. The minimum absolute atomic E-state index is 0.277. The smallest absolute Gasteiger partial charge is 0.317 e. The molecule has 92 valence electrons. The Hall–Kier alpha value is -1.69. The largest absolute Gasteiger partial charge is 0.326 e. The van der Waals surface area contributed by atoms with Gasteiger partial charge in [-0.1, -0.05) is 6.92 Å². The quantitative estimate of drug-likeness (QED) is 0.626. The van der Waals surface area contributed by atoms with E-state index in [9.17, 15) is 4.79 Å². The van der Waals surface area contributed by atoms with Gasteiger partial charge in [-0.2, -0.15) is 0 Å². The summed E-state index contributed by atoms with van der Waals surface area (Å²) in [6, 6.07) is 0. The van der Waals surface area contributed by atoms with Gasteiger partial charge in [-0.25, -0.2) is 14.8 Å². The van der Waals surface area contributed by atoms with Crippen LogP contribution in [0.2, 0.25) is 0 Å². The summed E-state index contributed by atoms with van der Waals surface area (Å²) in [4.78, 5) is 23.3. The van der Waals surface area contributed by atoms with E-state index in [2.05, 4.69) is 32.2 Å². The van der Waals surface area contributed by atoms with Gasteiger partial charge in [0, 0.05) is 12.4 Å². The van der Waals surface area contributed by atoms with E-state index in [4.69, 9.17) is 0 Å². The molecule has 0 spiro atoms. The minimum atomic E-state index is -0.277. The second kappa shape index (κ2) is 5.58. The van der Waals surface area contributed by atoms with Crippen molar-refractivity contribution in [2.24, 2.45) is 5.92 Å². The Morgan fingerprint density at radius 2 is 1.65 bits per heavy atom. The van der Waals surface area contributed by atoms with Crippen LogP contribution in [0.3, 0.4) is 0 Å². The number of fused-ring (bicyclic) bond motifs is 1. The minimum Gasteiger partial charge on any atom is -0.317 e. The molecule has 3 N–H and O–H groups in total. The molecule has 0 amide bonds. The van der Waals surface area contributed by atoms with Crippen molar-refractivity contribution in [2.45, 2.75) is 19.8 Å². The summed E-state index contributed by atoms with van der Waals surface area (Å²) in [7, 11) is 0.